The number of allylic oxidation sites excluding steroid dienone is 1. The van der Waals surface area contributed by atoms with Crippen LogP contribution in [0.15, 0.2) is 11.6 Å². The minimum absolute atomic E-state index is 0.991. The Kier molecular flexibility index (Phi) is 3.29. The molecule has 0 bridgehead atoms. The van der Waals surface area contributed by atoms with Gasteiger partial charge in [0.05, 0.1) is 0 Å². The van der Waals surface area contributed by atoms with Crippen molar-refractivity contribution in [3.8, 4) is 0 Å². The lowest BCUT2D eigenvalue weighted by atomic mass is 10.2. The number of hydrogen-bond acceptors (Lipinski definition) is 0. The van der Waals surface area contributed by atoms with E-state index in [1.807, 2.05) is 0 Å². The summed E-state index contributed by atoms with van der Waals surface area (Å²) >= 11 is 4.72. The molecular formula is C5H4ClF5. The van der Waals surface area contributed by atoms with Crippen LogP contribution >= 0.6 is 11.6 Å². The number of hydrogen-bond donors (Lipinski definition) is 0. The van der Waals surface area contributed by atoms with Crippen molar-refractivity contribution >= 4 is 11.6 Å². The van der Waals surface area contributed by atoms with Gasteiger partial charge in [-0.25, -0.2) is 8.78 Å². The van der Waals surface area contributed by atoms with Gasteiger partial charge in [-0.1, -0.05) is 18.2 Å². The van der Waals surface area contributed by atoms with Crippen LogP contribution in [0.5, 0.6) is 0 Å². The van der Waals surface area contributed by atoms with E-state index in [-0.39, 0.29) is 0 Å². The summed E-state index contributed by atoms with van der Waals surface area (Å²) < 4.78 is 58.0. The van der Waals surface area contributed by atoms with Gasteiger partial charge in [-0.2, -0.15) is 13.2 Å². The summed E-state index contributed by atoms with van der Waals surface area (Å²) in [4.78, 5) is 0. The normalized spacial score (nSPS) is 17.6. The summed E-state index contributed by atoms with van der Waals surface area (Å²) in [5.74, 6) is 0. The van der Waals surface area contributed by atoms with Gasteiger partial charge in [-0.05, 0) is 0 Å². The van der Waals surface area contributed by atoms with Gasteiger partial charge < -0.3 is 0 Å². The Bertz CT molecular complexity index is 151. The summed E-state index contributed by atoms with van der Waals surface area (Å²) in [6, 6.07) is 0. The van der Waals surface area contributed by atoms with Crippen LogP contribution in [-0.4, -0.2) is 18.5 Å². The molecule has 0 aliphatic rings. The Labute approximate surface area is 64.6 Å². The van der Waals surface area contributed by atoms with Gasteiger partial charge in [0.15, 0.2) is 6.17 Å². The summed E-state index contributed by atoms with van der Waals surface area (Å²) in [6.45, 7) is 2.64. The predicted octanol–water partition coefficient (Wildman–Crippen LogP) is 2.98. The van der Waals surface area contributed by atoms with Crippen LogP contribution in [0.4, 0.5) is 22.0 Å². The molecule has 0 aromatic rings. The summed E-state index contributed by atoms with van der Waals surface area (Å²) in [7, 11) is 0. The molecule has 6 heteroatoms. The van der Waals surface area contributed by atoms with Gasteiger partial charge in [-0.3, -0.25) is 0 Å². The summed E-state index contributed by atoms with van der Waals surface area (Å²) in [5, 5.41) is -0.991. The second-order valence-corrected chi connectivity index (χ2v) is 2.28. The molecular weight excluding hydrogens is 190 g/mol. The Hall–Kier alpha value is -0.320. The second kappa shape index (κ2) is 3.38. The van der Waals surface area contributed by atoms with E-state index >= 15 is 0 Å². The molecule has 66 valence electrons. The second-order valence-electron chi connectivity index (χ2n) is 1.79. The van der Waals surface area contributed by atoms with Gasteiger partial charge in [0.1, 0.15) is 0 Å². The van der Waals surface area contributed by atoms with Crippen LogP contribution < -0.4 is 0 Å². The molecule has 0 aromatic carbocycles. The zero-order valence-electron chi connectivity index (χ0n) is 5.13. The third-order valence-electron chi connectivity index (χ3n) is 0.869. The average molecular weight is 195 g/mol. The van der Waals surface area contributed by atoms with Crippen LogP contribution in [0.3, 0.4) is 0 Å². The molecule has 0 radical (unpaired) electrons. The van der Waals surface area contributed by atoms with E-state index in [1.165, 1.54) is 0 Å². The lowest BCUT2D eigenvalue weighted by Crippen LogP contribution is -2.33. The molecule has 0 nitrogen and oxygen atoms in total. The first-order chi connectivity index (χ1) is 4.76. The van der Waals surface area contributed by atoms with Crippen LogP contribution in [-0.2, 0) is 0 Å². The molecule has 0 heterocycles. The molecule has 2 atom stereocenters. The SMILES string of the molecule is C=C(Cl)C(F)C(F)C(F)(F)F. The molecule has 0 aliphatic carbocycles. The Balaban J connectivity index is 4.25. The van der Waals surface area contributed by atoms with Crippen molar-refractivity contribution in [1.29, 1.82) is 0 Å². The van der Waals surface area contributed by atoms with Gasteiger partial charge >= 0.3 is 6.18 Å². The maximum absolute atomic E-state index is 12.1. The smallest absolute Gasteiger partial charge is 0.238 e. The van der Waals surface area contributed by atoms with E-state index in [0.717, 1.165) is 0 Å². The summed E-state index contributed by atoms with van der Waals surface area (Å²) in [6.07, 6.45) is -11.7. The highest BCUT2D eigenvalue weighted by molar-refractivity contribution is 6.29. The highest BCUT2D eigenvalue weighted by Crippen LogP contribution is 2.30. The van der Waals surface area contributed by atoms with Crippen molar-refractivity contribution < 1.29 is 22.0 Å². The fourth-order valence-electron chi connectivity index (χ4n) is 0.325. The average Bonchev–Trinajstić information content (AvgIpc) is 1.82. The van der Waals surface area contributed by atoms with Gasteiger partial charge in [0.2, 0.25) is 6.17 Å². The first-order valence-corrected chi connectivity index (χ1v) is 2.83. The Morgan fingerprint density at radius 2 is 1.64 bits per heavy atom. The molecule has 0 fully saturated rings. The zero-order valence-corrected chi connectivity index (χ0v) is 5.89. The fraction of sp³-hybridized carbons (Fsp3) is 0.600. The Morgan fingerprint density at radius 3 is 1.73 bits per heavy atom. The molecule has 0 spiro atoms. The molecule has 0 rings (SSSR count). The van der Waals surface area contributed by atoms with E-state index in [4.69, 9.17) is 11.6 Å². The van der Waals surface area contributed by atoms with Gasteiger partial charge in [-0.15, -0.1) is 0 Å². The standard InChI is InChI=1S/C5H4ClF5/c1-2(6)3(7)4(8)5(9,10)11/h3-4H,1H2. The maximum atomic E-state index is 12.1. The third kappa shape index (κ3) is 3.05. The van der Waals surface area contributed by atoms with Crippen molar-refractivity contribution in [2.24, 2.45) is 0 Å². The zero-order chi connectivity index (χ0) is 9.23. The van der Waals surface area contributed by atoms with Crippen LogP contribution in [0.25, 0.3) is 0 Å². The molecule has 2 unspecified atom stereocenters. The minimum atomic E-state index is -5.22. The van der Waals surface area contributed by atoms with Crippen LogP contribution in [0.2, 0.25) is 0 Å². The molecule has 0 aromatic heterocycles. The maximum Gasteiger partial charge on any atom is 0.422 e. The predicted molar refractivity (Wildman–Crippen MR) is 30.8 cm³/mol. The van der Waals surface area contributed by atoms with Gasteiger partial charge in [0, 0.05) is 5.03 Å². The number of rotatable bonds is 2. The monoisotopic (exact) mass is 194 g/mol. The topological polar surface area (TPSA) is 0 Å². The van der Waals surface area contributed by atoms with Crippen molar-refractivity contribution in [3.05, 3.63) is 11.6 Å². The lowest BCUT2D eigenvalue weighted by molar-refractivity contribution is -0.191. The third-order valence-corrected chi connectivity index (χ3v) is 1.08. The number of halogens is 6. The van der Waals surface area contributed by atoms with E-state index in [0.29, 0.717) is 0 Å². The molecule has 0 N–H and O–H groups in total. The van der Waals surface area contributed by atoms with E-state index in [9.17, 15) is 22.0 Å². The van der Waals surface area contributed by atoms with Crippen LogP contribution in [0.1, 0.15) is 0 Å². The molecule has 0 saturated carbocycles. The highest BCUT2D eigenvalue weighted by atomic mass is 35.5. The van der Waals surface area contributed by atoms with E-state index < -0.39 is 23.6 Å². The quantitative estimate of drug-likeness (QED) is 0.593. The highest BCUT2D eigenvalue weighted by Gasteiger charge is 2.46. The van der Waals surface area contributed by atoms with E-state index in [1.54, 1.807) is 0 Å². The largest absolute Gasteiger partial charge is 0.422 e. The number of alkyl halides is 5. The lowest BCUT2D eigenvalue weighted by Gasteiger charge is -2.14. The molecule has 11 heavy (non-hydrogen) atoms. The molecule has 0 saturated heterocycles. The van der Waals surface area contributed by atoms with Crippen molar-refractivity contribution in [3.63, 3.8) is 0 Å². The first kappa shape index (κ1) is 10.7. The van der Waals surface area contributed by atoms with Crippen molar-refractivity contribution in [2.75, 3.05) is 0 Å². The van der Waals surface area contributed by atoms with E-state index in [2.05, 4.69) is 6.58 Å². The minimum Gasteiger partial charge on any atom is -0.238 e. The summed E-state index contributed by atoms with van der Waals surface area (Å²) in [5.41, 5.74) is 0. The van der Waals surface area contributed by atoms with Crippen LogP contribution in [0, 0.1) is 0 Å². The molecule has 0 amide bonds. The fourth-order valence-corrected chi connectivity index (χ4v) is 0.435. The van der Waals surface area contributed by atoms with Gasteiger partial charge in [0.25, 0.3) is 0 Å². The first-order valence-electron chi connectivity index (χ1n) is 2.46. The molecule has 0 aliphatic heterocycles. The van der Waals surface area contributed by atoms with Crippen molar-refractivity contribution in [1.82, 2.24) is 0 Å². The Morgan fingerprint density at radius 1 is 1.27 bits per heavy atom. The van der Waals surface area contributed by atoms with Crippen molar-refractivity contribution in [2.45, 2.75) is 18.5 Å².